The maximum absolute atomic E-state index is 13.2. The zero-order valence-electron chi connectivity index (χ0n) is 12.1. The van der Waals surface area contributed by atoms with E-state index in [4.69, 9.17) is 0 Å². The van der Waals surface area contributed by atoms with Gasteiger partial charge in [-0.25, -0.2) is 4.39 Å². The summed E-state index contributed by atoms with van der Waals surface area (Å²) in [7, 11) is 0. The van der Waals surface area contributed by atoms with Gasteiger partial charge in [0.2, 0.25) is 0 Å². The summed E-state index contributed by atoms with van der Waals surface area (Å²) in [6.07, 6.45) is 3.60. The Balaban J connectivity index is 2.82. The zero-order chi connectivity index (χ0) is 13.5. The third-order valence-corrected chi connectivity index (χ3v) is 3.48. The van der Waals surface area contributed by atoms with E-state index in [9.17, 15) is 4.39 Å². The molecule has 0 aliphatic rings. The van der Waals surface area contributed by atoms with Crippen molar-refractivity contribution < 1.29 is 4.39 Å². The molecule has 0 aliphatic heterocycles. The van der Waals surface area contributed by atoms with E-state index >= 15 is 0 Å². The molecule has 0 saturated carbocycles. The average molecular weight is 251 g/mol. The first-order valence-electron chi connectivity index (χ1n) is 7.07. The van der Waals surface area contributed by atoms with Crippen LogP contribution in [-0.4, -0.2) is 6.54 Å². The van der Waals surface area contributed by atoms with E-state index < -0.39 is 0 Å². The molecule has 1 rings (SSSR count). The third kappa shape index (κ3) is 4.41. The normalized spacial score (nSPS) is 14.5. The molecule has 1 aromatic carbocycles. The highest BCUT2D eigenvalue weighted by Gasteiger charge is 2.16. The Kier molecular flexibility index (Phi) is 6.34. The second-order valence-electron chi connectivity index (χ2n) is 5.24. The molecule has 0 heterocycles. The van der Waals surface area contributed by atoms with E-state index in [1.165, 1.54) is 18.4 Å². The van der Waals surface area contributed by atoms with Gasteiger partial charge in [0.05, 0.1) is 0 Å². The van der Waals surface area contributed by atoms with Crippen LogP contribution in [0, 0.1) is 18.7 Å². The molecule has 1 nitrogen and oxygen atoms in total. The van der Waals surface area contributed by atoms with Gasteiger partial charge in [0.15, 0.2) is 0 Å². The van der Waals surface area contributed by atoms with Crippen molar-refractivity contribution in [2.75, 3.05) is 6.54 Å². The minimum atomic E-state index is -0.145. The molecule has 102 valence electrons. The molecule has 0 saturated heterocycles. The molecule has 1 N–H and O–H groups in total. The highest BCUT2D eigenvalue weighted by atomic mass is 19.1. The van der Waals surface area contributed by atoms with Crippen molar-refractivity contribution in [3.05, 3.63) is 35.1 Å². The summed E-state index contributed by atoms with van der Waals surface area (Å²) in [5.74, 6) is 0.552. The fourth-order valence-electron chi connectivity index (χ4n) is 2.61. The summed E-state index contributed by atoms with van der Waals surface area (Å²) in [6, 6.07) is 5.47. The van der Waals surface area contributed by atoms with Gasteiger partial charge in [-0.15, -0.1) is 0 Å². The summed E-state index contributed by atoms with van der Waals surface area (Å²) >= 11 is 0. The van der Waals surface area contributed by atoms with Gasteiger partial charge in [-0.05, 0) is 49.1 Å². The first-order chi connectivity index (χ1) is 8.58. The molecule has 0 radical (unpaired) electrons. The van der Waals surface area contributed by atoms with Crippen LogP contribution in [0.15, 0.2) is 18.2 Å². The van der Waals surface area contributed by atoms with Crippen molar-refractivity contribution in [2.45, 2.75) is 53.0 Å². The summed E-state index contributed by atoms with van der Waals surface area (Å²) in [5.41, 5.74) is 2.28. The quantitative estimate of drug-likeness (QED) is 0.746. The number of halogens is 1. The smallest absolute Gasteiger partial charge is 0.123 e. The Bertz CT molecular complexity index is 362. The van der Waals surface area contributed by atoms with E-state index in [1.54, 1.807) is 12.1 Å². The predicted molar refractivity (Wildman–Crippen MR) is 76.2 cm³/mol. The van der Waals surface area contributed by atoms with Gasteiger partial charge >= 0.3 is 0 Å². The maximum Gasteiger partial charge on any atom is 0.123 e. The fourth-order valence-corrected chi connectivity index (χ4v) is 2.61. The number of nitrogens with one attached hydrogen (secondary N) is 1. The number of aryl methyl sites for hydroxylation is 1. The topological polar surface area (TPSA) is 12.0 Å². The van der Waals surface area contributed by atoms with Crippen LogP contribution in [0.3, 0.4) is 0 Å². The summed E-state index contributed by atoms with van der Waals surface area (Å²) in [5, 5.41) is 3.53. The standard InChI is InChI=1S/C16H26FN/c1-5-7-12(3)10-16(18-6-2)15-9-8-14(17)11-13(15)4/h8-9,11-12,16,18H,5-7,10H2,1-4H3. The average Bonchev–Trinajstić information content (AvgIpc) is 2.29. The highest BCUT2D eigenvalue weighted by Crippen LogP contribution is 2.26. The SMILES string of the molecule is CCCC(C)CC(NCC)c1ccc(F)cc1C. The minimum absolute atomic E-state index is 0.145. The maximum atomic E-state index is 13.2. The van der Waals surface area contributed by atoms with Crippen molar-refractivity contribution in [1.29, 1.82) is 0 Å². The van der Waals surface area contributed by atoms with E-state index in [1.807, 2.05) is 13.0 Å². The Morgan fingerprint density at radius 3 is 2.56 bits per heavy atom. The van der Waals surface area contributed by atoms with Gasteiger partial charge in [0.25, 0.3) is 0 Å². The Hall–Kier alpha value is -0.890. The van der Waals surface area contributed by atoms with Crippen LogP contribution in [0.4, 0.5) is 4.39 Å². The third-order valence-electron chi connectivity index (χ3n) is 3.48. The van der Waals surface area contributed by atoms with Gasteiger partial charge in [-0.1, -0.05) is 39.7 Å². The van der Waals surface area contributed by atoms with Crippen molar-refractivity contribution in [1.82, 2.24) is 5.32 Å². The molecule has 2 atom stereocenters. The number of hydrogen-bond donors (Lipinski definition) is 1. The first-order valence-corrected chi connectivity index (χ1v) is 7.07. The van der Waals surface area contributed by atoms with Crippen LogP contribution in [0.1, 0.15) is 57.2 Å². The zero-order valence-corrected chi connectivity index (χ0v) is 12.1. The lowest BCUT2D eigenvalue weighted by atomic mass is 9.91. The predicted octanol–water partition coefficient (Wildman–Crippen LogP) is 4.61. The Morgan fingerprint density at radius 2 is 2.00 bits per heavy atom. The molecule has 18 heavy (non-hydrogen) atoms. The van der Waals surface area contributed by atoms with E-state index in [0.717, 1.165) is 18.5 Å². The molecule has 0 bridgehead atoms. The van der Waals surface area contributed by atoms with Crippen molar-refractivity contribution in [2.24, 2.45) is 5.92 Å². The van der Waals surface area contributed by atoms with Gasteiger partial charge in [-0.2, -0.15) is 0 Å². The van der Waals surface area contributed by atoms with Crippen molar-refractivity contribution >= 4 is 0 Å². The molecule has 1 aromatic rings. The molecule has 0 spiro atoms. The second kappa shape index (κ2) is 7.52. The minimum Gasteiger partial charge on any atom is -0.310 e. The second-order valence-corrected chi connectivity index (χ2v) is 5.24. The fraction of sp³-hybridized carbons (Fsp3) is 0.625. The van der Waals surface area contributed by atoms with Crippen LogP contribution in [0.25, 0.3) is 0 Å². The highest BCUT2D eigenvalue weighted by molar-refractivity contribution is 5.29. The lowest BCUT2D eigenvalue weighted by Gasteiger charge is -2.23. The van der Waals surface area contributed by atoms with Crippen LogP contribution < -0.4 is 5.32 Å². The summed E-state index contributed by atoms with van der Waals surface area (Å²) < 4.78 is 13.2. The van der Waals surface area contributed by atoms with Crippen molar-refractivity contribution in [3.8, 4) is 0 Å². The molecule has 0 amide bonds. The molecule has 0 fully saturated rings. The van der Waals surface area contributed by atoms with E-state index in [2.05, 4.69) is 26.1 Å². The lowest BCUT2D eigenvalue weighted by Crippen LogP contribution is -2.23. The Labute approximate surface area is 111 Å². The molecule has 2 heteroatoms. The molecule has 0 aliphatic carbocycles. The van der Waals surface area contributed by atoms with Gasteiger partial charge in [-0.3, -0.25) is 0 Å². The van der Waals surface area contributed by atoms with Gasteiger partial charge in [0, 0.05) is 6.04 Å². The number of rotatable bonds is 7. The number of benzene rings is 1. The summed E-state index contributed by atoms with van der Waals surface area (Å²) in [6.45, 7) is 9.58. The van der Waals surface area contributed by atoms with Crippen LogP contribution in [-0.2, 0) is 0 Å². The molecular weight excluding hydrogens is 225 g/mol. The Morgan fingerprint density at radius 1 is 1.28 bits per heavy atom. The molecule has 2 unspecified atom stereocenters. The molecule has 0 aromatic heterocycles. The van der Waals surface area contributed by atoms with Gasteiger partial charge < -0.3 is 5.32 Å². The molecular formula is C16H26FN. The van der Waals surface area contributed by atoms with Crippen LogP contribution >= 0.6 is 0 Å². The lowest BCUT2D eigenvalue weighted by molar-refractivity contribution is 0.394. The van der Waals surface area contributed by atoms with Crippen LogP contribution in [0.2, 0.25) is 0 Å². The van der Waals surface area contributed by atoms with E-state index in [0.29, 0.717) is 12.0 Å². The van der Waals surface area contributed by atoms with E-state index in [-0.39, 0.29) is 5.82 Å². The van der Waals surface area contributed by atoms with Crippen LogP contribution in [0.5, 0.6) is 0 Å². The van der Waals surface area contributed by atoms with Gasteiger partial charge in [0.1, 0.15) is 5.82 Å². The largest absolute Gasteiger partial charge is 0.310 e. The van der Waals surface area contributed by atoms with Crippen molar-refractivity contribution in [3.63, 3.8) is 0 Å². The number of hydrogen-bond acceptors (Lipinski definition) is 1. The summed E-state index contributed by atoms with van der Waals surface area (Å²) in [4.78, 5) is 0. The first kappa shape index (κ1) is 15.2. The monoisotopic (exact) mass is 251 g/mol.